The summed E-state index contributed by atoms with van der Waals surface area (Å²) in [7, 11) is 0. The van der Waals surface area contributed by atoms with Gasteiger partial charge in [0.05, 0.1) is 12.2 Å². The highest BCUT2D eigenvalue weighted by Gasteiger charge is 2.31. The van der Waals surface area contributed by atoms with Crippen molar-refractivity contribution in [1.29, 1.82) is 0 Å². The largest absolute Gasteiger partial charge is 0.393 e. The molecule has 4 fully saturated rings. The predicted molar refractivity (Wildman–Crippen MR) is 228 cm³/mol. The summed E-state index contributed by atoms with van der Waals surface area (Å²) < 4.78 is 25.3. The standard InChI is InChI=1S/C13H10F2O.C13H24O.C13H12O.C12H22O/c14-11-5-1-9(2-6-11)13(16)10-3-7-12(15)8-4-10;2*14-13(11-7-3-1-4-8-11)12-9-5-2-6-10-12;13-12(11-8-4-5-9-11)10-6-2-1-3-7-10/h1-8,13,16H;11-14H,1-10H2;1-10,13-14H;10-13H,1-9H2. The Balaban J connectivity index is 0.000000145. The number of rotatable bonds is 8. The van der Waals surface area contributed by atoms with E-state index in [2.05, 4.69) is 0 Å². The van der Waals surface area contributed by atoms with Crippen molar-refractivity contribution < 1.29 is 29.2 Å². The molecule has 4 aliphatic carbocycles. The highest BCUT2D eigenvalue weighted by Crippen LogP contribution is 2.37. The molecule has 4 aliphatic rings. The Morgan fingerprint density at radius 2 is 0.544 bits per heavy atom. The highest BCUT2D eigenvalue weighted by atomic mass is 19.1. The fourth-order valence-electron chi connectivity index (χ4n) is 9.44. The Kier molecular flexibility index (Phi) is 19.2. The zero-order valence-electron chi connectivity index (χ0n) is 34.0. The first-order valence-electron chi connectivity index (χ1n) is 22.1. The molecule has 0 heterocycles. The van der Waals surface area contributed by atoms with Crippen LogP contribution in [0, 0.1) is 35.3 Å². The average molecular weight is 783 g/mol. The molecule has 310 valence electrons. The fourth-order valence-corrected chi connectivity index (χ4v) is 9.44. The van der Waals surface area contributed by atoms with Crippen LogP contribution in [-0.2, 0) is 0 Å². The van der Waals surface area contributed by atoms with Gasteiger partial charge in [0, 0.05) is 0 Å². The second kappa shape index (κ2) is 24.5. The molecule has 4 nitrogen and oxygen atoms in total. The van der Waals surface area contributed by atoms with Gasteiger partial charge in [-0.05, 0) is 122 Å². The van der Waals surface area contributed by atoms with Gasteiger partial charge in [-0.3, -0.25) is 0 Å². The lowest BCUT2D eigenvalue weighted by Gasteiger charge is -2.34. The van der Waals surface area contributed by atoms with Crippen LogP contribution < -0.4 is 0 Å². The van der Waals surface area contributed by atoms with Crippen molar-refractivity contribution in [3.05, 3.63) is 143 Å². The van der Waals surface area contributed by atoms with Crippen molar-refractivity contribution in [2.75, 3.05) is 0 Å². The maximum absolute atomic E-state index is 12.7. The fraction of sp³-hybridized carbons (Fsp3) is 0.529. The molecule has 0 saturated heterocycles. The molecule has 4 N–H and O–H groups in total. The Bertz CT molecular complexity index is 1510. The molecule has 0 spiro atoms. The van der Waals surface area contributed by atoms with Crippen LogP contribution in [0.15, 0.2) is 109 Å². The maximum Gasteiger partial charge on any atom is 0.123 e. The van der Waals surface area contributed by atoms with Gasteiger partial charge in [-0.15, -0.1) is 0 Å². The minimum atomic E-state index is -0.860. The van der Waals surface area contributed by atoms with E-state index < -0.39 is 12.2 Å². The molecular formula is C51H68F2O4. The van der Waals surface area contributed by atoms with Crippen molar-refractivity contribution in [2.24, 2.45) is 23.7 Å². The van der Waals surface area contributed by atoms with Gasteiger partial charge in [0.1, 0.15) is 23.8 Å². The second-order valence-corrected chi connectivity index (χ2v) is 16.9. The third kappa shape index (κ3) is 14.7. The van der Waals surface area contributed by atoms with Crippen LogP contribution in [0.1, 0.15) is 156 Å². The number of hydrogen-bond donors (Lipinski definition) is 4. The average Bonchev–Trinajstić information content (AvgIpc) is 3.84. The lowest BCUT2D eigenvalue weighted by Crippen LogP contribution is -2.31. The zero-order chi connectivity index (χ0) is 40.2. The molecule has 4 aromatic rings. The SMILES string of the molecule is OC(C1CCCCC1)C1CCCC1.OC(C1CCCCC1)C1CCCCC1.OC(c1ccc(F)cc1)c1ccc(F)cc1.OC(c1ccccc1)c1ccccc1. The molecule has 0 aromatic heterocycles. The summed E-state index contributed by atoms with van der Waals surface area (Å²) >= 11 is 0. The summed E-state index contributed by atoms with van der Waals surface area (Å²) in [6, 6.07) is 30.5. The van der Waals surface area contributed by atoms with Crippen LogP contribution >= 0.6 is 0 Å². The highest BCUT2D eigenvalue weighted by molar-refractivity contribution is 5.30. The van der Waals surface area contributed by atoms with E-state index in [1.165, 1.54) is 171 Å². The van der Waals surface area contributed by atoms with Crippen LogP contribution in [0.3, 0.4) is 0 Å². The first-order chi connectivity index (χ1) is 27.8. The smallest absolute Gasteiger partial charge is 0.123 e. The predicted octanol–water partition coefficient (Wildman–Crippen LogP) is 12.4. The van der Waals surface area contributed by atoms with Crippen LogP contribution in [0.25, 0.3) is 0 Å². The molecule has 57 heavy (non-hydrogen) atoms. The number of hydrogen-bond acceptors (Lipinski definition) is 4. The van der Waals surface area contributed by atoms with Gasteiger partial charge >= 0.3 is 0 Å². The first kappa shape index (κ1) is 44.7. The molecule has 8 rings (SSSR count). The third-order valence-electron chi connectivity index (χ3n) is 12.9. The zero-order valence-corrected chi connectivity index (χ0v) is 34.0. The minimum absolute atomic E-state index is 0.0376. The van der Waals surface area contributed by atoms with Crippen molar-refractivity contribution >= 4 is 0 Å². The summed E-state index contributed by atoms with van der Waals surface area (Å²) in [6.07, 6.45) is 24.1. The van der Waals surface area contributed by atoms with Crippen molar-refractivity contribution in [3.8, 4) is 0 Å². The van der Waals surface area contributed by atoms with Gasteiger partial charge in [-0.2, -0.15) is 0 Å². The second-order valence-electron chi connectivity index (χ2n) is 16.9. The molecule has 0 radical (unpaired) electrons. The summed E-state index contributed by atoms with van der Waals surface area (Å²) in [5, 5.41) is 40.4. The van der Waals surface area contributed by atoms with E-state index in [1.54, 1.807) is 0 Å². The molecule has 0 amide bonds. The van der Waals surface area contributed by atoms with E-state index in [4.69, 9.17) is 0 Å². The first-order valence-corrected chi connectivity index (χ1v) is 22.1. The normalized spacial score (nSPS) is 18.9. The topological polar surface area (TPSA) is 80.9 Å². The van der Waals surface area contributed by atoms with Crippen LogP contribution in [0.5, 0.6) is 0 Å². The lowest BCUT2D eigenvalue weighted by molar-refractivity contribution is 0.0186. The summed E-state index contributed by atoms with van der Waals surface area (Å²) in [6.45, 7) is 0. The Labute approximate surface area is 341 Å². The minimum Gasteiger partial charge on any atom is -0.393 e. The number of halogens is 2. The summed E-state index contributed by atoms with van der Waals surface area (Å²) in [5.74, 6) is 1.89. The van der Waals surface area contributed by atoms with Gasteiger partial charge in [-0.25, -0.2) is 8.78 Å². The van der Waals surface area contributed by atoms with Crippen molar-refractivity contribution in [1.82, 2.24) is 0 Å². The van der Waals surface area contributed by atoms with Crippen molar-refractivity contribution in [2.45, 2.75) is 146 Å². The van der Waals surface area contributed by atoms with E-state index in [9.17, 15) is 29.2 Å². The quantitative estimate of drug-likeness (QED) is 0.143. The molecule has 1 atom stereocenters. The number of benzene rings is 4. The van der Waals surface area contributed by atoms with Crippen LogP contribution in [0.4, 0.5) is 8.78 Å². The van der Waals surface area contributed by atoms with Gasteiger partial charge in [0.2, 0.25) is 0 Å². The van der Waals surface area contributed by atoms with Gasteiger partial charge in [0.25, 0.3) is 0 Å². The Morgan fingerprint density at radius 1 is 0.316 bits per heavy atom. The van der Waals surface area contributed by atoms with E-state index in [1.807, 2.05) is 60.7 Å². The number of aliphatic hydroxyl groups is 4. The summed E-state index contributed by atoms with van der Waals surface area (Å²) in [4.78, 5) is 0. The molecule has 4 saturated carbocycles. The molecule has 0 aliphatic heterocycles. The van der Waals surface area contributed by atoms with E-state index in [-0.39, 0.29) is 23.8 Å². The molecule has 0 bridgehead atoms. The summed E-state index contributed by atoms with van der Waals surface area (Å²) in [5.41, 5.74) is 3.01. The maximum atomic E-state index is 12.7. The Hall–Kier alpha value is -3.42. The molecular weight excluding hydrogens is 715 g/mol. The number of aliphatic hydroxyl groups excluding tert-OH is 4. The lowest BCUT2D eigenvalue weighted by atomic mass is 9.75. The van der Waals surface area contributed by atoms with Gasteiger partial charge in [0.15, 0.2) is 0 Å². The Morgan fingerprint density at radius 3 is 0.807 bits per heavy atom. The molecule has 4 aromatic carbocycles. The van der Waals surface area contributed by atoms with E-state index in [0.29, 0.717) is 34.8 Å². The molecule has 1 unspecified atom stereocenters. The van der Waals surface area contributed by atoms with Crippen LogP contribution in [-0.4, -0.2) is 32.6 Å². The molecule has 6 heteroatoms. The van der Waals surface area contributed by atoms with E-state index in [0.717, 1.165) is 11.1 Å². The van der Waals surface area contributed by atoms with Crippen LogP contribution in [0.2, 0.25) is 0 Å². The monoisotopic (exact) mass is 783 g/mol. The van der Waals surface area contributed by atoms with Crippen molar-refractivity contribution in [3.63, 3.8) is 0 Å². The third-order valence-corrected chi connectivity index (χ3v) is 12.9. The van der Waals surface area contributed by atoms with E-state index >= 15 is 0 Å². The van der Waals surface area contributed by atoms with Gasteiger partial charge < -0.3 is 20.4 Å². The van der Waals surface area contributed by atoms with Gasteiger partial charge in [-0.1, -0.05) is 156 Å².